The second-order valence-corrected chi connectivity index (χ2v) is 7.92. The molecule has 0 radical (unpaired) electrons. The molecule has 1 aliphatic heterocycles. The number of amidine groups is 1. The topological polar surface area (TPSA) is 75.7 Å². The number of nitrogens with two attached hydrogens (primary N) is 1. The van der Waals surface area contributed by atoms with Gasteiger partial charge in [-0.2, -0.15) is 0 Å². The molecular formula is C15H13BrF2N2O2S. The van der Waals surface area contributed by atoms with E-state index in [4.69, 9.17) is 10.8 Å². The molecule has 0 bridgehead atoms. The van der Waals surface area contributed by atoms with Crippen LogP contribution in [0.1, 0.15) is 12.0 Å². The Bertz CT molecular complexity index is 742. The van der Waals surface area contributed by atoms with Crippen LogP contribution in [0.25, 0.3) is 0 Å². The minimum Gasteiger partial charge on any atom is -0.478 e. The maximum atomic E-state index is 14.3. The van der Waals surface area contributed by atoms with Crippen LogP contribution in [0.2, 0.25) is 0 Å². The van der Waals surface area contributed by atoms with Crippen molar-refractivity contribution < 1.29 is 18.7 Å². The van der Waals surface area contributed by atoms with Gasteiger partial charge in [0.1, 0.15) is 18.0 Å². The summed E-state index contributed by atoms with van der Waals surface area (Å²) in [7, 11) is 0. The Morgan fingerprint density at radius 2 is 2.35 bits per heavy atom. The third-order valence-electron chi connectivity index (χ3n) is 4.24. The number of hydrogen-bond acceptors (Lipinski definition) is 4. The van der Waals surface area contributed by atoms with Gasteiger partial charge >= 0.3 is 5.97 Å². The van der Waals surface area contributed by atoms with Crippen molar-refractivity contribution in [2.45, 2.75) is 16.7 Å². The lowest BCUT2D eigenvalue weighted by molar-refractivity contribution is -0.131. The van der Waals surface area contributed by atoms with Crippen LogP contribution in [0.4, 0.5) is 8.78 Å². The van der Waals surface area contributed by atoms with Gasteiger partial charge < -0.3 is 10.8 Å². The summed E-state index contributed by atoms with van der Waals surface area (Å²) in [5.74, 6) is -2.00. The number of carboxylic acid groups (broad SMARTS) is 1. The number of nitrogens with zero attached hydrogens (tertiary/aromatic N) is 1. The lowest BCUT2D eigenvalue weighted by atomic mass is 9.85. The molecule has 0 aromatic heterocycles. The zero-order valence-electron chi connectivity index (χ0n) is 11.8. The molecule has 122 valence electrons. The molecule has 0 spiro atoms. The molecule has 8 heteroatoms. The first kappa shape index (κ1) is 16.4. The molecule has 4 nitrogen and oxygen atoms in total. The summed E-state index contributed by atoms with van der Waals surface area (Å²) < 4.78 is 28.3. The lowest BCUT2D eigenvalue weighted by Gasteiger charge is -2.34. The van der Waals surface area contributed by atoms with Crippen LogP contribution in [0, 0.1) is 11.7 Å². The fourth-order valence-electron chi connectivity index (χ4n) is 3.14. The predicted molar refractivity (Wildman–Crippen MR) is 88.6 cm³/mol. The van der Waals surface area contributed by atoms with E-state index >= 15 is 0 Å². The predicted octanol–water partition coefficient (Wildman–Crippen LogP) is 3.21. The van der Waals surface area contributed by atoms with Crippen LogP contribution in [-0.4, -0.2) is 27.7 Å². The molecule has 0 unspecified atom stereocenters. The van der Waals surface area contributed by atoms with Gasteiger partial charge in [-0.1, -0.05) is 33.8 Å². The van der Waals surface area contributed by atoms with Crippen molar-refractivity contribution in [3.05, 3.63) is 46.2 Å². The number of aliphatic imine (C=N–C) groups is 1. The quantitative estimate of drug-likeness (QED) is 0.758. The molecule has 2 aliphatic rings. The maximum absolute atomic E-state index is 14.3. The molecule has 3 atom stereocenters. The molecule has 1 aromatic rings. The number of carboxylic acids is 1. The zero-order chi connectivity index (χ0) is 16.8. The molecule has 1 aromatic carbocycles. The van der Waals surface area contributed by atoms with Gasteiger partial charge in [-0.05, 0) is 24.6 Å². The molecule has 1 saturated carbocycles. The maximum Gasteiger partial charge on any atom is 0.328 e. The van der Waals surface area contributed by atoms with Gasteiger partial charge in [-0.3, -0.25) is 0 Å². The van der Waals surface area contributed by atoms with E-state index in [1.165, 1.54) is 36.0 Å². The minimum absolute atomic E-state index is 0.130. The van der Waals surface area contributed by atoms with E-state index in [0.29, 0.717) is 10.9 Å². The van der Waals surface area contributed by atoms with Crippen LogP contribution in [0.3, 0.4) is 0 Å². The van der Waals surface area contributed by atoms with Crippen LogP contribution >= 0.6 is 27.7 Å². The second-order valence-electron chi connectivity index (χ2n) is 5.62. The number of rotatable bonds is 4. The van der Waals surface area contributed by atoms with Crippen molar-refractivity contribution in [2.24, 2.45) is 16.6 Å². The highest BCUT2D eigenvalue weighted by atomic mass is 79.9. The third-order valence-corrected chi connectivity index (χ3v) is 6.00. The first-order valence-corrected chi connectivity index (χ1v) is 8.42. The molecule has 23 heavy (non-hydrogen) atoms. The van der Waals surface area contributed by atoms with Crippen LogP contribution in [0.5, 0.6) is 0 Å². The van der Waals surface area contributed by atoms with Crippen LogP contribution in [-0.2, 0) is 10.3 Å². The Labute approximate surface area is 144 Å². The Balaban J connectivity index is 2.11. The number of hydrogen-bond donors (Lipinski definition) is 2. The Hall–Kier alpha value is -1.41. The number of alkyl halides is 1. The number of carbonyl (C=O) groups is 1. The highest BCUT2D eigenvalue weighted by Gasteiger charge is 2.67. The first-order valence-electron chi connectivity index (χ1n) is 6.81. The van der Waals surface area contributed by atoms with Gasteiger partial charge in [0.05, 0.1) is 0 Å². The Kier molecular flexibility index (Phi) is 4.00. The largest absolute Gasteiger partial charge is 0.478 e. The second kappa shape index (κ2) is 5.59. The van der Waals surface area contributed by atoms with Crippen molar-refractivity contribution in [3.63, 3.8) is 0 Å². The summed E-state index contributed by atoms with van der Waals surface area (Å²) in [6.45, 7) is -0.908. The van der Waals surface area contributed by atoms with E-state index in [0.717, 1.165) is 6.08 Å². The summed E-state index contributed by atoms with van der Waals surface area (Å²) in [5.41, 5.74) is 4.56. The SMILES string of the molecule is NC1=N[C@](CF)(c2cc(Br)ccc2F)[C@@H]2C[C@]2(/C=C/C(=O)O)S1. The fourth-order valence-corrected chi connectivity index (χ4v) is 4.82. The summed E-state index contributed by atoms with van der Waals surface area (Å²) in [6, 6.07) is 4.28. The summed E-state index contributed by atoms with van der Waals surface area (Å²) >= 11 is 4.47. The van der Waals surface area contributed by atoms with E-state index in [1.54, 1.807) is 0 Å². The van der Waals surface area contributed by atoms with Crippen molar-refractivity contribution in [1.82, 2.24) is 0 Å². The highest BCUT2D eigenvalue weighted by molar-refractivity contribution is 9.10. The van der Waals surface area contributed by atoms with E-state index in [9.17, 15) is 13.6 Å². The highest BCUT2D eigenvalue weighted by Crippen LogP contribution is 2.66. The molecular weight excluding hydrogens is 390 g/mol. The van der Waals surface area contributed by atoms with Gasteiger partial charge in [0, 0.05) is 26.8 Å². The number of thioether (sulfide) groups is 1. The molecule has 0 saturated heterocycles. The number of fused-ring (bicyclic) bond motifs is 1. The molecule has 1 fully saturated rings. The molecule has 1 aliphatic carbocycles. The van der Waals surface area contributed by atoms with Crippen molar-refractivity contribution in [2.75, 3.05) is 6.67 Å². The van der Waals surface area contributed by atoms with Gasteiger partial charge in [0.2, 0.25) is 0 Å². The van der Waals surface area contributed by atoms with Gasteiger partial charge in [-0.15, -0.1) is 0 Å². The van der Waals surface area contributed by atoms with Crippen LogP contribution in [0.15, 0.2) is 39.8 Å². The Morgan fingerprint density at radius 1 is 1.61 bits per heavy atom. The van der Waals surface area contributed by atoms with Crippen molar-refractivity contribution in [3.8, 4) is 0 Å². The van der Waals surface area contributed by atoms with E-state index in [2.05, 4.69) is 20.9 Å². The molecule has 3 rings (SSSR count). The molecule has 0 amide bonds. The summed E-state index contributed by atoms with van der Waals surface area (Å²) in [4.78, 5) is 15.0. The molecule has 3 N–H and O–H groups in total. The van der Waals surface area contributed by atoms with Crippen LogP contribution < -0.4 is 5.73 Å². The van der Waals surface area contributed by atoms with Crippen molar-refractivity contribution in [1.29, 1.82) is 0 Å². The van der Waals surface area contributed by atoms with Gasteiger partial charge in [0.15, 0.2) is 5.17 Å². The van der Waals surface area contributed by atoms with E-state index < -0.39 is 28.7 Å². The summed E-state index contributed by atoms with van der Waals surface area (Å²) in [6.07, 6.45) is 3.01. The monoisotopic (exact) mass is 402 g/mol. The zero-order valence-corrected chi connectivity index (χ0v) is 14.2. The van der Waals surface area contributed by atoms with E-state index in [-0.39, 0.29) is 16.6 Å². The smallest absolute Gasteiger partial charge is 0.328 e. The van der Waals surface area contributed by atoms with E-state index in [1.807, 2.05) is 0 Å². The molecule has 1 heterocycles. The van der Waals surface area contributed by atoms with Gasteiger partial charge in [0.25, 0.3) is 0 Å². The average Bonchev–Trinajstić information content (AvgIpc) is 3.22. The Morgan fingerprint density at radius 3 is 3.00 bits per heavy atom. The summed E-state index contributed by atoms with van der Waals surface area (Å²) in [5, 5.41) is 8.96. The average molecular weight is 403 g/mol. The standard InChI is InChI=1S/C15H13BrF2N2O2S/c16-8-1-2-10(18)9(5-8)15(7-17)11-6-14(11,4-3-12(21)22)23-13(19)20-15/h1-5,11H,6-7H2,(H2,19,20)(H,21,22)/b4-3+/t11-,14+,15-/m1/s1. The first-order chi connectivity index (χ1) is 10.8. The fraction of sp³-hybridized carbons (Fsp3) is 0.333. The number of aliphatic carboxylic acids is 1. The van der Waals surface area contributed by atoms with Gasteiger partial charge in [-0.25, -0.2) is 18.6 Å². The third kappa shape index (κ3) is 2.67. The van der Waals surface area contributed by atoms with Crippen molar-refractivity contribution >= 4 is 38.8 Å². The number of halogens is 3. The lowest BCUT2D eigenvalue weighted by Crippen LogP contribution is -2.39. The number of benzene rings is 1. The normalized spacial score (nSPS) is 32.5. The minimum atomic E-state index is -1.42.